The highest BCUT2D eigenvalue weighted by molar-refractivity contribution is 7.60. The third-order valence-corrected chi connectivity index (χ3v) is 4.82. The lowest BCUT2D eigenvalue weighted by atomic mass is 9.99. The number of rotatable bonds is 10. The average Bonchev–Trinajstić information content (AvgIpc) is 2.06. The van der Waals surface area contributed by atoms with Crippen LogP contribution in [0.25, 0.3) is 0 Å². The molecule has 13 nitrogen and oxygen atoms in total. The standard InChI is InChI=1S/C6H15O13P3/c1-6(4-5(7)8,18-20(9,10)11)2-3-17-22(15,16)19-21(12,13)14/h2-4H2,1H3,(H,7,8)(H,15,16)(H2,9,10,11)(H2,12,13,14)/t6-/m1/s1. The summed E-state index contributed by atoms with van der Waals surface area (Å²) in [7, 11) is -15.5. The van der Waals surface area contributed by atoms with Crippen molar-refractivity contribution in [3.8, 4) is 0 Å². The molecule has 2 atom stereocenters. The predicted octanol–water partition coefficient (Wildman–Crippen LogP) is -0.0545. The van der Waals surface area contributed by atoms with Crippen LogP contribution in [-0.2, 0) is 31.8 Å². The molecule has 22 heavy (non-hydrogen) atoms. The van der Waals surface area contributed by atoms with Crippen molar-refractivity contribution in [1.29, 1.82) is 0 Å². The van der Waals surface area contributed by atoms with Gasteiger partial charge in [0.05, 0.1) is 18.6 Å². The summed E-state index contributed by atoms with van der Waals surface area (Å²) in [6, 6.07) is 0. The quantitative estimate of drug-likeness (QED) is 0.271. The fourth-order valence-corrected chi connectivity index (χ4v) is 3.62. The monoisotopic (exact) mass is 388 g/mol. The molecule has 0 saturated heterocycles. The number of carbonyl (C=O) groups is 1. The van der Waals surface area contributed by atoms with Gasteiger partial charge in [-0.15, -0.1) is 0 Å². The Morgan fingerprint density at radius 3 is 1.91 bits per heavy atom. The van der Waals surface area contributed by atoms with E-state index in [0.717, 1.165) is 6.92 Å². The summed E-state index contributed by atoms with van der Waals surface area (Å²) in [6.45, 7) is 0.160. The molecule has 0 rings (SSSR count). The highest BCUT2D eigenvalue weighted by atomic mass is 31.3. The second kappa shape index (κ2) is 7.61. The highest BCUT2D eigenvalue weighted by Crippen LogP contribution is 2.57. The van der Waals surface area contributed by atoms with Gasteiger partial charge in [-0.3, -0.25) is 13.8 Å². The third kappa shape index (κ3) is 11.4. The average molecular weight is 388 g/mol. The normalized spacial score (nSPS) is 18.5. The Balaban J connectivity index is 4.78. The summed E-state index contributed by atoms with van der Waals surface area (Å²) >= 11 is 0. The van der Waals surface area contributed by atoms with E-state index in [1.54, 1.807) is 0 Å². The second-order valence-corrected chi connectivity index (χ2v) is 8.22. The maximum atomic E-state index is 11.1. The molecule has 0 aromatic rings. The van der Waals surface area contributed by atoms with E-state index in [1.807, 2.05) is 0 Å². The smallest absolute Gasteiger partial charge is 0.481 e. The Kier molecular flexibility index (Phi) is 7.55. The van der Waals surface area contributed by atoms with E-state index in [1.165, 1.54) is 0 Å². The predicted molar refractivity (Wildman–Crippen MR) is 67.3 cm³/mol. The molecule has 0 amide bonds. The van der Waals surface area contributed by atoms with Crippen LogP contribution in [0.5, 0.6) is 0 Å². The first kappa shape index (κ1) is 21.8. The maximum absolute atomic E-state index is 11.1. The van der Waals surface area contributed by atoms with E-state index in [0.29, 0.717) is 0 Å². The van der Waals surface area contributed by atoms with Crippen LogP contribution in [0.4, 0.5) is 0 Å². The third-order valence-electron chi connectivity index (χ3n) is 1.96. The molecule has 16 heteroatoms. The zero-order chi connectivity index (χ0) is 17.8. The van der Waals surface area contributed by atoms with Crippen molar-refractivity contribution in [2.24, 2.45) is 0 Å². The Morgan fingerprint density at radius 2 is 1.55 bits per heavy atom. The van der Waals surface area contributed by atoms with Gasteiger partial charge in [0.15, 0.2) is 0 Å². The first-order valence-corrected chi connectivity index (χ1v) is 9.82. The molecule has 0 aliphatic heterocycles. The molecule has 0 aliphatic carbocycles. The SMILES string of the molecule is C[C@@](CCOP(=O)(O)OP(=O)(O)O)(CC(=O)O)OP(=O)(O)O. The number of carboxylic acid groups (broad SMARTS) is 1. The highest BCUT2D eigenvalue weighted by Gasteiger charge is 2.38. The van der Waals surface area contributed by atoms with Gasteiger partial charge in [-0.25, -0.2) is 13.7 Å². The van der Waals surface area contributed by atoms with Crippen molar-refractivity contribution < 1.29 is 61.4 Å². The van der Waals surface area contributed by atoms with Crippen molar-refractivity contribution in [2.45, 2.75) is 25.4 Å². The van der Waals surface area contributed by atoms with Crippen molar-refractivity contribution in [1.82, 2.24) is 0 Å². The molecule has 132 valence electrons. The first-order chi connectivity index (χ1) is 9.54. The van der Waals surface area contributed by atoms with E-state index >= 15 is 0 Å². The van der Waals surface area contributed by atoms with E-state index in [4.69, 9.17) is 29.6 Å². The molecule has 0 bridgehead atoms. The van der Waals surface area contributed by atoms with Gasteiger partial charge in [-0.05, 0) is 6.92 Å². The molecular formula is C6H15O13P3. The van der Waals surface area contributed by atoms with Gasteiger partial charge in [0.25, 0.3) is 0 Å². The summed E-state index contributed by atoms with van der Waals surface area (Å²) in [4.78, 5) is 53.7. The van der Waals surface area contributed by atoms with Crippen molar-refractivity contribution in [2.75, 3.05) is 6.61 Å². The number of phosphoric acid groups is 3. The number of hydrogen-bond donors (Lipinski definition) is 6. The second-order valence-electron chi connectivity index (χ2n) is 4.23. The van der Waals surface area contributed by atoms with Crippen LogP contribution in [0.2, 0.25) is 0 Å². The summed E-state index contributed by atoms with van der Waals surface area (Å²) in [6.07, 6.45) is -1.48. The van der Waals surface area contributed by atoms with Gasteiger partial charge in [0, 0.05) is 6.42 Å². The zero-order valence-corrected chi connectivity index (χ0v) is 13.7. The lowest BCUT2D eigenvalue weighted by Crippen LogP contribution is -2.32. The summed E-state index contributed by atoms with van der Waals surface area (Å²) in [5.74, 6) is -1.48. The van der Waals surface area contributed by atoms with Gasteiger partial charge in [-0.2, -0.15) is 4.31 Å². The van der Waals surface area contributed by atoms with Crippen LogP contribution in [0.1, 0.15) is 19.8 Å². The van der Waals surface area contributed by atoms with Gasteiger partial charge in [-0.1, -0.05) is 0 Å². The summed E-state index contributed by atoms with van der Waals surface area (Å²) < 4.78 is 44.2. The van der Waals surface area contributed by atoms with Gasteiger partial charge < -0.3 is 29.6 Å². The molecule has 0 heterocycles. The fraction of sp³-hybridized carbons (Fsp3) is 0.833. The number of aliphatic carboxylic acids is 1. The topological polar surface area (TPSA) is 217 Å². The Hall–Kier alpha value is -0.160. The first-order valence-electron chi connectivity index (χ1n) is 5.26. The molecule has 0 spiro atoms. The minimum Gasteiger partial charge on any atom is -0.481 e. The molecule has 6 N–H and O–H groups in total. The lowest BCUT2D eigenvalue weighted by molar-refractivity contribution is -0.141. The fourth-order valence-electron chi connectivity index (χ4n) is 1.31. The van der Waals surface area contributed by atoms with Crippen LogP contribution >= 0.6 is 23.5 Å². The molecule has 0 saturated carbocycles. The van der Waals surface area contributed by atoms with Crippen LogP contribution in [0.3, 0.4) is 0 Å². The summed E-state index contributed by atoms with van der Waals surface area (Å²) in [5, 5.41) is 8.65. The van der Waals surface area contributed by atoms with Crippen molar-refractivity contribution in [3.63, 3.8) is 0 Å². The Morgan fingerprint density at radius 1 is 1.05 bits per heavy atom. The molecule has 0 radical (unpaired) electrons. The Labute approximate surface area is 123 Å². The van der Waals surface area contributed by atoms with E-state index in [9.17, 15) is 18.5 Å². The number of carboxylic acids is 1. The zero-order valence-electron chi connectivity index (χ0n) is 11.0. The Bertz CT molecular complexity index is 532. The largest absolute Gasteiger partial charge is 0.481 e. The van der Waals surface area contributed by atoms with Crippen molar-refractivity contribution >= 4 is 29.4 Å². The van der Waals surface area contributed by atoms with Crippen molar-refractivity contribution in [3.05, 3.63) is 0 Å². The van der Waals surface area contributed by atoms with Crippen LogP contribution < -0.4 is 0 Å². The molecule has 0 aromatic heterocycles. The number of phosphoric ester groups is 2. The van der Waals surface area contributed by atoms with Crippen LogP contribution in [0, 0.1) is 0 Å². The maximum Gasteiger partial charge on any atom is 0.481 e. The van der Waals surface area contributed by atoms with Gasteiger partial charge in [0.2, 0.25) is 0 Å². The molecule has 0 aliphatic rings. The molecule has 1 unspecified atom stereocenters. The molecular weight excluding hydrogens is 373 g/mol. The van der Waals surface area contributed by atoms with E-state index in [-0.39, 0.29) is 0 Å². The van der Waals surface area contributed by atoms with E-state index < -0.39 is 54.5 Å². The molecule has 0 aromatic carbocycles. The van der Waals surface area contributed by atoms with Crippen LogP contribution in [-0.4, -0.2) is 47.8 Å². The summed E-state index contributed by atoms with van der Waals surface area (Å²) in [5.41, 5.74) is -1.97. The van der Waals surface area contributed by atoms with Crippen LogP contribution in [0.15, 0.2) is 0 Å². The number of hydrogen-bond acceptors (Lipinski definition) is 7. The van der Waals surface area contributed by atoms with Gasteiger partial charge >= 0.3 is 29.4 Å². The molecule has 0 fully saturated rings. The van der Waals surface area contributed by atoms with Gasteiger partial charge in [0.1, 0.15) is 0 Å². The minimum atomic E-state index is -5.31. The lowest BCUT2D eigenvalue weighted by Gasteiger charge is -2.28. The van der Waals surface area contributed by atoms with E-state index in [2.05, 4.69) is 13.4 Å². The minimum absolute atomic E-state index is 0.598.